The van der Waals surface area contributed by atoms with Crippen molar-refractivity contribution in [3.05, 3.63) is 54.4 Å². The Hall–Kier alpha value is -3.09. The fraction of sp³-hybridized carbons (Fsp3) is 0.500. The lowest BCUT2D eigenvalue weighted by Crippen LogP contribution is -2.54. The predicted octanol–water partition coefficient (Wildman–Crippen LogP) is 4.46. The van der Waals surface area contributed by atoms with Crippen molar-refractivity contribution in [2.45, 2.75) is 68.9 Å². The van der Waals surface area contributed by atoms with Crippen molar-refractivity contribution >= 4 is 17.6 Å². The van der Waals surface area contributed by atoms with Crippen LogP contribution in [-0.4, -0.2) is 46.6 Å². The molecule has 0 radical (unpaired) electrons. The van der Waals surface area contributed by atoms with E-state index in [1.807, 2.05) is 35.2 Å². The Morgan fingerprint density at radius 2 is 1.88 bits per heavy atom. The fourth-order valence-corrected chi connectivity index (χ4v) is 5.56. The molecule has 1 aromatic heterocycles. The van der Waals surface area contributed by atoms with Crippen LogP contribution in [0.4, 0.5) is 10.5 Å². The number of aromatic nitrogens is 1. The summed E-state index contributed by atoms with van der Waals surface area (Å²) in [7, 11) is 0. The van der Waals surface area contributed by atoms with Gasteiger partial charge in [0.25, 0.3) is 0 Å². The van der Waals surface area contributed by atoms with Gasteiger partial charge >= 0.3 is 6.03 Å². The summed E-state index contributed by atoms with van der Waals surface area (Å²) in [5.41, 5.74) is 1.46. The number of rotatable bonds is 4. The van der Waals surface area contributed by atoms with E-state index in [2.05, 4.69) is 21.7 Å². The molecule has 7 nitrogen and oxygen atoms in total. The second-order valence-electron chi connectivity index (χ2n) is 9.64. The minimum absolute atomic E-state index is 0.0202. The molecule has 3 amide bonds. The first-order chi connectivity index (χ1) is 16.1. The van der Waals surface area contributed by atoms with Gasteiger partial charge in [-0.25, -0.2) is 4.79 Å². The number of carbonyl (C=O) groups excluding carboxylic acids is 2. The maximum Gasteiger partial charge on any atom is 0.317 e. The van der Waals surface area contributed by atoms with Crippen molar-refractivity contribution < 1.29 is 14.3 Å². The summed E-state index contributed by atoms with van der Waals surface area (Å²) in [5.74, 6) is 0.922. The summed E-state index contributed by atoms with van der Waals surface area (Å²) in [5, 5.41) is 6.17. The summed E-state index contributed by atoms with van der Waals surface area (Å²) < 4.78 is 6.55. The Morgan fingerprint density at radius 1 is 1.09 bits per heavy atom. The zero-order valence-electron chi connectivity index (χ0n) is 19.0. The van der Waals surface area contributed by atoms with Crippen LogP contribution in [0, 0.1) is 0 Å². The first-order valence-electron chi connectivity index (χ1n) is 12.1. The topological polar surface area (TPSA) is 83.6 Å². The third-order valence-electron chi connectivity index (χ3n) is 7.33. The molecule has 5 rings (SSSR count). The van der Waals surface area contributed by atoms with Gasteiger partial charge < -0.3 is 20.3 Å². The molecule has 1 saturated heterocycles. The standard InChI is InChI=1S/C26H32N4O3/c31-24(28-21-8-5-13-27-18-21)16-19-17-26(33-23-10-4-3-9-22(19)23)11-14-30(15-12-26)25(32)29-20-6-1-2-7-20/h3-5,8-10,13,18-20H,1-2,6-7,11-12,14-17H2,(H,28,31)(H,29,32)/t19-/m1/s1. The Morgan fingerprint density at radius 3 is 2.64 bits per heavy atom. The molecule has 3 heterocycles. The molecule has 0 unspecified atom stereocenters. The molecule has 7 heteroatoms. The van der Waals surface area contributed by atoms with Crippen molar-refractivity contribution in [2.75, 3.05) is 18.4 Å². The molecular formula is C26H32N4O3. The summed E-state index contributed by atoms with van der Waals surface area (Å²) in [6.45, 7) is 1.35. The molecule has 2 aromatic rings. The van der Waals surface area contributed by atoms with Gasteiger partial charge in [0.2, 0.25) is 5.91 Å². The van der Waals surface area contributed by atoms with E-state index in [1.54, 1.807) is 12.4 Å². The number of anilines is 1. The average Bonchev–Trinajstić information content (AvgIpc) is 3.33. The molecule has 0 bridgehead atoms. The third-order valence-corrected chi connectivity index (χ3v) is 7.33. The Kier molecular flexibility index (Phi) is 6.20. The van der Waals surface area contributed by atoms with Gasteiger partial charge in [0.1, 0.15) is 11.4 Å². The number of hydrogen-bond acceptors (Lipinski definition) is 4. The molecule has 1 aliphatic carbocycles. The van der Waals surface area contributed by atoms with E-state index in [9.17, 15) is 9.59 Å². The van der Waals surface area contributed by atoms with Crippen molar-refractivity contribution in [1.29, 1.82) is 0 Å². The number of urea groups is 1. The van der Waals surface area contributed by atoms with Crippen molar-refractivity contribution in [2.24, 2.45) is 0 Å². The van der Waals surface area contributed by atoms with Crippen LogP contribution in [0.5, 0.6) is 5.75 Å². The van der Waals surface area contributed by atoms with Gasteiger partial charge in [-0.2, -0.15) is 0 Å². The molecule has 1 atom stereocenters. The first-order valence-corrected chi connectivity index (χ1v) is 12.1. The maximum absolute atomic E-state index is 12.8. The molecule has 1 saturated carbocycles. The van der Waals surface area contributed by atoms with Crippen LogP contribution >= 0.6 is 0 Å². The van der Waals surface area contributed by atoms with Crippen molar-refractivity contribution in [1.82, 2.24) is 15.2 Å². The van der Waals surface area contributed by atoms with E-state index in [0.29, 0.717) is 31.2 Å². The van der Waals surface area contributed by atoms with Crippen LogP contribution in [0.1, 0.15) is 62.8 Å². The fourth-order valence-electron chi connectivity index (χ4n) is 5.56. The molecule has 1 spiro atoms. The van der Waals surface area contributed by atoms with E-state index in [1.165, 1.54) is 12.8 Å². The highest BCUT2D eigenvalue weighted by molar-refractivity contribution is 5.91. The van der Waals surface area contributed by atoms with E-state index < -0.39 is 0 Å². The molecule has 2 N–H and O–H groups in total. The summed E-state index contributed by atoms with van der Waals surface area (Å²) >= 11 is 0. The first kappa shape index (κ1) is 21.7. The number of para-hydroxylation sites is 1. The number of hydrogen-bond donors (Lipinski definition) is 2. The van der Waals surface area contributed by atoms with Gasteiger partial charge in [0.05, 0.1) is 11.9 Å². The number of nitrogens with zero attached hydrogens (tertiary/aromatic N) is 2. The minimum Gasteiger partial charge on any atom is -0.487 e. The van der Waals surface area contributed by atoms with Gasteiger partial charge in [-0.1, -0.05) is 31.0 Å². The highest BCUT2D eigenvalue weighted by Gasteiger charge is 2.44. The van der Waals surface area contributed by atoms with Gasteiger partial charge in [-0.15, -0.1) is 0 Å². The number of amides is 3. The Bertz CT molecular complexity index is 982. The van der Waals surface area contributed by atoms with Crippen LogP contribution in [0.2, 0.25) is 0 Å². The van der Waals surface area contributed by atoms with E-state index >= 15 is 0 Å². The number of nitrogens with one attached hydrogen (secondary N) is 2. The number of benzene rings is 1. The normalized spacial score (nSPS) is 21.8. The number of carbonyl (C=O) groups is 2. The van der Waals surface area contributed by atoms with Crippen LogP contribution < -0.4 is 15.4 Å². The van der Waals surface area contributed by atoms with Gasteiger partial charge in [0.15, 0.2) is 0 Å². The summed E-state index contributed by atoms with van der Waals surface area (Å²) in [6.07, 6.45) is 10.7. The lowest BCUT2D eigenvalue weighted by Gasteiger charge is -2.47. The number of ether oxygens (including phenoxy) is 1. The molecule has 33 heavy (non-hydrogen) atoms. The minimum atomic E-state index is -0.336. The smallest absolute Gasteiger partial charge is 0.317 e. The van der Waals surface area contributed by atoms with Crippen LogP contribution in [0.3, 0.4) is 0 Å². The zero-order valence-corrected chi connectivity index (χ0v) is 19.0. The average molecular weight is 449 g/mol. The highest BCUT2D eigenvalue weighted by atomic mass is 16.5. The Labute approximate surface area is 194 Å². The van der Waals surface area contributed by atoms with Crippen LogP contribution in [0.15, 0.2) is 48.8 Å². The summed E-state index contributed by atoms with van der Waals surface area (Å²) in [6, 6.07) is 12.1. The lowest BCUT2D eigenvalue weighted by molar-refractivity contribution is -0.117. The molecular weight excluding hydrogens is 416 g/mol. The Balaban J connectivity index is 1.25. The number of pyridine rings is 1. The van der Waals surface area contributed by atoms with Crippen molar-refractivity contribution in [3.63, 3.8) is 0 Å². The molecule has 1 aromatic carbocycles. The van der Waals surface area contributed by atoms with E-state index in [0.717, 1.165) is 43.4 Å². The second-order valence-corrected chi connectivity index (χ2v) is 9.64. The monoisotopic (exact) mass is 448 g/mol. The number of fused-ring (bicyclic) bond motifs is 1. The van der Waals surface area contributed by atoms with Gasteiger partial charge in [-0.05, 0) is 43.0 Å². The predicted molar refractivity (Wildman–Crippen MR) is 126 cm³/mol. The van der Waals surface area contributed by atoms with Crippen LogP contribution in [0.25, 0.3) is 0 Å². The highest BCUT2D eigenvalue weighted by Crippen LogP contribution is 2.46. The summed E-state index contributed by atoms with van der Waals surface area (Å²) in [4.78, 5) is 31.5. The molecule has 2 aliphatic heterocycles. The largest absolute Gasteiger partial charge is 0.487 e. The third kappa shape index (κ3) is 4.97. The van der Waals surface area contributed by atoms with Crippen LogP contribution in [-0.2, 0) is 4.79 Å². The lowest BCUT2D eigenvalue weighted by atomic mass is 9.76. The molecule has 174 valence electrons. The quantitative estimate of drug-likeness (QED) is 0.723. The van der Waals surface area contributed by atoms with E-state index in [4.69, 9.17) is 4.74 Å². The van der Waals surface area contributed by atoms with Crippen molar-refractivity contribution in [3.8, 4) is 5.75 Å². The maximum atomic E-state index is 12.8. The molecule has 3 aliphatic rings. The van der Waals surface area contributed by atoms with E-state index in [-0.39, 0.29) is 23.5 Å². The zero-order chi connectivity index (χ0) is 22.7. The van der Waals surface area contributed by atoms with Gasteiger partial charge in [-0.3, -0.25) is 9.78 Å². The molecule has 2 fully saturated rings. The number of piperidine rings is 1. The second kappa shape index (κ2) is 9.41. The number of likely N-dealkylation sites (tertiary alicyclic amines) is 1. The SMILES string of the molecule is O=C(C[C@@H]1CC2(CCN(C(=O)NC3CCCC3)CC2)Oc2ccccc21)Nc1cccnc1. The van der Waals surface area contributed by atoms with Gasteiger partial charge in [0, 0.05) is 50.5 Å².